The van der Waals surface area contributed by atoms with Gasteiger partial charge in [0.1, 0.15) is 5.75 Å². The molecule has 0 aliphatic carbocycles. The molecule has 0 radical (unpaired) electrons. The van der Waals surface area contributed by atoms with Crippen molar-refractivity contribution in [3.63, 3.8) is 0 Å². The molecule has 1 atom stereocenters. The van der Waals surface area contributed by atoms with Gasteiger partial charge in [-0.05, 0) is 55.5 Å². The Bertz CT molecular complexity index is 964. The highest BCUT2D eigenvalue weighted by Gasteiger charge is 2.38. The number of para-hydroxylation sites is 1. The molecule has 1 N–H and O–H groups in total. The molecular formula is C19H21NO4S. The van der Waals surface area contributed by atoms with E-state index >= 15 is 0 Å². The van der Waals surface area contributed by atoms with Gasteiger partial charge in [-0.1, -0.05) is 24.3 Å². The van der Waals surface area contributed by atoms with E-state index in [-0.39, 0.29) is 4.90 Å². The highest BCUT2D eigenvalue weighted by molar-refractivity contribution is 7.92. The Balaban J connectivity index is 2.09. The molecule has 1 aliphatic rings. The van der Waals surface area contributed by atoms with Gasteiger partial charge in [-0.15, -0.1) is 0 Å². The average Bonchev–Trinajstić information content (AvgIpc) is 2.97. The summed E-state index contributed by atoms with van der Waals surface area (Å²) in [7, 11) is -3.72. The summed E-state index contributed by atoms with van der Waals surface area (Å²) in [5.41, 5.74) is 3.44. The second-order valence-electron chi connectivity index (χ2n) is 6.46. The van der Waals surface area contributed by atoms with E-state index in [0.717, 1.165) is 16.7 Å². The van der Waals surface area contributed by atoms with Crippen LogP contribution in [0.5, 0.6) is 5.75 Å². The molecule has 1 aliphatic heterocycles. The molecule has 0 fully saturated rings. The van der Waals surface area contributed by atoms with Crippen molar-refractivity contribution < 1.29 is 17.9 Å². The van der Waals surface area contributed by atoms with Crippen LogP contribution in [-0.4, -0.2) is 20.3 Å². The summed E-state index contributed by atoms with van der Waals surface area (Å²) in [4.78, 5) is 11.1. The normalized spacial score (nSPS) is 16.2. The minimum Gasteiger partial charge on any atom is -0.473 e. The van der Waals surface area contributed by atoms with Gasteiger partial charge in [0.15, 0.2) is 0 Å². The van der Waals surface area contributed by atoms with E-state index in [1.807, 2.05) is 32.0 Å². The van der Waals surface area contributed by atoms with Crippen LogP contribution in [0.15, 0.2) is 29.2 Å². The Morgan fingerprint density at radius 3 is 2.48 bits per heavy atom. The van der Waals surface area contributed by atoms with Crippen molar-refractivity contribution in [1.82, 2.24) is 0 Å². The molecule has 2 aromatic carbocycles. The molecule has 1 amide bonds. The Morgan fingerprint density at radius 1 is 1.12 bits per heavy atom. The minimum absolute atomic E-state index is 0.234. The van der Waals surface area contributed by atoms with Crippen molar-refractivity contribution in [3.05, 3.63) is 52.1 Å². The molecule has 5 nitrogen and oxygen atoms in total. The number of carbonyl (C=O) groups excluding carboxylic acids is 1. The van der Waals surface area contributed by atoms with Crippen LogP contribution < -0.4 is 10.1 Å². The first-order valence-corrected chi connectivity index (χ1v) is 9.62. The van der Waals surface area contributed by atoms with Crippen molar-refractivity contribution >= 4 is 21.9 Å². The van der Waals surface area contributed by atoms with Gasteiger partial charge < -0.3 is 10.1 Å². The fraction of sp³-hybridized carbons (Fsp3) is 0.316. The van der Waals surface area contributed by atoms with E-state index in [0.29, 0.717) is 35.4 Å². The molecular weight excluding hydrogens is 338 g/mol. The first-order chi connectivity index (χ1) is 11.8. The largest absolute Gasteiger partial charge is 0.473 e. The first kappa shape index (κ1) is 17.5. The number of amides is 1. The fourth-order valence-electron chi connectivity index (χ4n) is 3.59. The monoisotopic (exact) mass is 359 g/mol. The lowest BCUT2D eigenvalue weighted by molar-refractivity contribution is -0.105. The van der Waals surface area contributed by atoms with E-state index in [2.05, 4.69) is 5.32 Å². The number of carbonyl (C=O) groups is 1. The third-order valence-electron chi connectivity index (χ3n) is 4.66. The number of benzene rings is 2. The van der Waals surface area contributed by atoms with Crippen LogP contribution in [0.1, 0.15) is 27.8 Å². The predicted octanol–water partition coefficient (Wildman–Crippen LogP) is 3.22. The number of nitrogens with one attached hydrogen (secondary N) is 1. The first-order valence-electron chi connectivity index (χ1n) is 8.07. The predicted molar refractivity (Wildman–Crippen MR) is 96.8 cm³/mol. The van der Waals surface area contributed by atoms with Gasteiger partial charge >= 0.3 is 0 Å². The van der Waals surface area contributed by atoms with Gasteiger partial charge in [-0.2, -0.15) is 0 Å². The molecule has 1 unspecified atom stereocenters. The maximum absolute atomic E-state index is 13.3. The SMILES string of the molecule is Cc1cc(C)c(S(=O)(=O)C2Cc3cccc(C)c3O2)c(C)c1NC=O. The van der Waals surface area contributed by atoms with Crippen molar-refractivity contribution in [2.24, 2.45) is 0 Å². The van der Waals surface area contributed by atoms with E-state index in [4.69, 9.17) is 4.74 Å². The highest BCUT2D eigenvalue weighted by atomic mass is 32.2. The zero-order valence-corrected chi connectivity index (χ0v) is 15.5. The highest BCUT2D eigenvalue weighted by Crippen LogP contribution is 2.38. The summed E-state index contributed by atoms with van der Waals surface area (Å²) in [5, 5.41) is 2.61. The third-order valence-corrected chi connectivity index (χ3v) is 6.82. The average molecular weight is 359 g/mol. The lowest BCUT2D eigenvalue weighted by atomic mass is 10.1. The zero-order valence-electron chi connectivity index (χ0n) is 14.7. The van der Waals surface area contributed by atoms with E-state index < -0.39 is 15.3 Å². The van der Waals surface area contributed by atoms with Crippen molar-refractivity contribution in [3.8, 4) is 5.75 Å². The number of hydrogen-bond acceptors (Lipinski definition) is 4. The molecule has 6 heteroatoms. The van der Waals surface area contributed by atoms with Gasteiger partial charge in [-0.3, -0.25) is 4.79 Å². The molecule has 0 spiro atoms. The molecule has 1 heterocycles. The van der Waals surface area contributed by atoms with Gasteiger partial charge in [0.05, 0.1) is 4.90 Å². The lowest BCUT2D eigenvalue weighted by Crippen LogP contribution is -2.27. The number of fused-ring (bicyclic) bond motifs is 1. The van der Waals surface area contributed by atoms with Crippen molar-refractivity contribution in [2.75, 3.05) is 5.32 Å². The van der Waals surface area contributed by atoms with Gasteiger partial charge in [0.2, 0.25) is 21.7 Å². The Kier molecular flexibility index (Phi) is 4.33. The molecule has 0 aromatic heterocycles. The summed E-state index contributed by atoms with van der Waals surface area (Å²) < 4.78 is 32.4. The molecule has 132 valence electrons. The molecule has 3 rings (SSSR count). The van der Waals surface area contributed by atoms with E-state index in [1.54, 1.807) is 19.9 Å². The minimum atomic E-state index is -3.72. The second kappa shape index (κ2) is 6.19. The number of rotatable bonds is 4. The summed E-state index contributed by atoms with van der Waals surface area (Å²) in [6, 6.07) is 7.48. The van der Waals surface area contributed by atoms with Crippen LogP contribution in [0.2, 0.25) is 0 Å². The van der Waals surface area contributed by atoms with E-state index in [9.17, 15) is 13.2 Å². The number of hydrogen-bond donors (Lipinski definition) is 1. The Hall–Kier alpha value is -2.34. The van der Waals surface area contributed by atoms with Gasteiger partial charge in [0.25, 0.3) is 0 Å². The summed E-state index contributed by atoms with van der Waals surface area (Å²) in [5.74, 6) is 0.657. The van der Waals surface area contributed by atoms with Crippen LogP contribution >= 0.6 is 0 Å². The molecule has 2 aromatic rings. The molecule has 0 saturated carbocycles. The summed E-state index contributed by atoms with van der Waals surface area (Å²) in [6.45, 7) is 7.23. The number of anilines is 1. The fourth-order valence-corrected chi connectivity index (χ4v) is 5.51. The molecule has 0 bridgehead atoms. The molecule has 25 heavy (non-hydrogen) atoms. The standard InChI is InChI=1S/C19H21NO4S/c1-11-6-5-7-15-9-16(24-18(11)15)25(22,23)19-13(3)8-12(2)17(14(19)4)20-10-21/h5-8,10,16H,9H2,1-4H3,(H,20,21). The van der Waals surface area contributed by atoms with Crippen molar-refractivity contribution in [1.29, 1.82) is 0 Å². The van der Waals surface area contributed by atoms with Crippen molar-refractivity contribution in [2.45, 2.75) is 44.4 Å². The summed E-state index contributed by atoms with van der Waals surface area (Å²) in [6.07, 6.45) is 0.884. The Labute approximate surface area is 147 Å². The lowest BCUT2D eigenvalue weighted by Gasteiger charge is -2.20. The quantitative estimate of drug-likeness (QED) is 0.851. The topological polar surface area (TPSA) is 72.5 Å². The Morgan fingerprint density at radius 2 is 1.84 bits per heavy atom. The van der Waals surface area contributed by atoms with Crippen LogP contribution in [-0.2, 0) is 21.1 Å². The maximum Gasteiger partial charge on any atom is 0.217 e. The maximum atomic E-state index is 13.3. The van der Waals surface area contributed by atoms with Gasteiger partial charge in [-0.25, -0.2) is 8.42 Å². The second-order valence-corrected chi connectivity index (χ2v) is 8.49. The zero-order chi connectivity index (χ0) is 18.4. The van der Waals surface area contributed by atoms with Gasteiger partial charge in [0, 0.05) is 12.1 Å². The number of sulfone groups is 1. The van der Waals surface area contributed by atoms with E-state index in [1.165, 1.54) is 0 Å². The van der Waals surface area contributed by atoms with Crippen LogP contribution in [0.4, 0.5) is 5.69 Å². The third kappa shape index (κ3) is 2.80. The smallest absolute Gasteiger partial charge is 0.217 e. The number of aryl methyl sites for hydroxylation is 3. The summed E-state index contributed by atoms with van der Waals surface area (Å²) >= 11 is 0. The van der Waals surface area contributed by atoms with Crippen LogP contribution in [0.3, 0.4) is 0 Å². The van der Waals surface area contributed by atoms with Crippen LogP contribution in [0.25, 0.3) is 0 Å². The number of ether oxygens (including phenoxy) is 1. The molecule has 0 saturated heterocycles. The van der Waals surface area contributed by atoms with Crippen LogP contribution in [0, 0.1) is 27.7 Å².